The Bertz CT molecular complexity index is 2920. The molecule has 1 aliphatic carbocycles. The maximum atomic E-state index is 7.12. The molecule has 0 saturated carbocycles. The van der Waals surface area contributed by atoms with Gasteiger partial charge in [-0.15, -0.1) is 0 Å². The van der Waals surface area contributed by atoms with Crippen molar-refractivity contribution in [2.24, 2.45) is 0 Å². The maximum Gasteiger partial charge on any atom is 0.143 e. The molecular weight excluding hydrogens is 705 g/mol. The molecule has 0 radical (unpaired) electrons. The summed E-state index contributed by atoms with van der Waals surface area (Å²) in [6.45, 7) is 0. The van der Waals surface area contributed by atoms with Gasteiger partial charge in [-0.3, -0.25) is 0 Å². The molecule has 1 aliphatic rings. The molecule has 3 heteroatoms. The fourth-order valence-electron chi connectivity index (χ4n) is 9.58. The molecule has 0 amide bonds. The fraction of sp³-hybridized carbons (Fsp3) is 0.0545. The van der Waals surface area contributed by atoms with E-state index in [1.54, 1.807) is 0 Å². The van der Waals surface area contributed by atoms with E-state index in [0.717, 1.165) is 68.6 Å². The molecule has 0 bridgehead atoms. The fourth-order valence-corrected chi connectivity index (χ4v) is 9.58. The van der Waals surface area contributed by atoms with Gasteiger partial charge in [-0.2, -0.15) is 0 Å². The molecule has 3 nitrogen and oxygen atoms in total. The number of anilines is 6. The molecule has 11 rings (SSSR count). The quantitative estimate of drug-likeness (QED) is 0.154. The molecule has 10 aromatic rings. The van der Waals surface area contributed by atoms with E-state index >= 15 is 0 Å². The van der Waals surface area contributed by atoms with Crippen molar-refractivity contribution in [3.8, 4) is 0 Å². The molecule has 0 N–H and O–H groups in total. The van der Waals surface area contributed by atoms with Crippen molar-refractivity contribution in [2.75, 3.05) is 9.80 Å². The number of nitrogens with zero attached hydrogens (tertiary/aromatic N) is 2. The van der Waals surface area contributed by atoms with Gasteiger partial charge in [-0.1, -0.05) is 133 Å². The average Bonchev–Trinajstić information content (AvgIpc) is 3.67. The SMILES string of the molecule is c1ccc(N(c2ccccc2)c2ccc3c(c2)oc2c4ccc(N(c5ccccc5)c5ccccc5)c5c4c(cc32)C(c2ccccc2)(c2ccccc2)CC5)cc1. The van der Waals surface area contributed by atoms with Gasteiger partial charge in [0.15, 0.2) is 0 Å². The predicted molar refractivity (Wildman–Crippen MR) is 242 cm³/mol. The normalized spacial score (nSPS) is 13.2. The Morgan fingerprint density at radius 1 is 0.397 bits per heavy atom. The van der Waals surface area contributed by atoms with Gasteiger partial charge in [0.2, 0.25) is 0 Å². The molecule has 58 heavy (non-hydrogen) atoms. The van der Waals surface area contributed by atoms with Crippen LogP contribution in [-0.2, 0) is 11.8 Å². The van der Waals surface area contributed by atoms with Crippen LogP contribution < -0.4 is 9.80 Å². The Morgan fingerprint density at radius 2 is 0.862 bits per heavy atom. The molecular formula is C55H40N2O. The number of rotatable bonds is 8. The number of furan rings is 1. The van der Waals surface area contributed by atoms with Gasteiger partial charge >= 0.3 is 0 Å². The molecule has 0 unspecified atom stereocenters. The van der Waals surface area contributed by atoms with E-state index in [2.05, 4.69) is 228 Å². The van der Waals surface area contributed by atoms with E-state index in [-0.39, 0.29) is 5.41 Å². The van der Waals surface area contributed by atoms with Gasteiger partial charge in [0.25, 0.3) is 0 Å². The van der Waals surface area contributed by atoms with Crippen LogP contribution in [0.15, 0.2) is 223 Å². The second-order valence-corrected chi connectivity index (χ2v) is 15.2. The van der Waals surface area contributed by atoms with Crippen molar-refractivity contribution in [3.63, 3.8) is 0 Å². The highest BCUT2D eigenvalue weighted by atomic mass is 16.3. The van der Waals surface area contributed by atoms with Crippen LogP contribution >= 0.6 is 0 Å². The molecule has 0 saturated heterocycles. The Morgan fingerprint density at radius 3 is 1.38 bits per heavy atom. The van der Waals surface area contributed by atoms with Crippen molar-refractivity contribution in [1.82, 2.24) is 0 Å². The molecule has 0 atom stereocenters. The lowest BCUT2D eigenvalue weighted by Crippen LogP contribution is -2.33. The van der Waals surface area contributed by atoms with Crippen LogP contribution in [0.1, 0.15) is 28.7 Å². The highest BCUT2D eigenvalue weighted by Crippen LogP contribution is 2.55. The Kier molecular flexibility index (Phi) is 8.18. The van der Waals surface area contributed by atoms with Crippen molar-refractivity contribution in [1.29, 1.82) is 0 Å². The zero-order chi connectivity index (χ0) is 38.5. The summed E-state index contributed by atoms with van der Waals surface area (Å²) in [5, 5.41) is 4.66. The van der Waals surface area contributed by atoms with E-state index in [0.29, 0.717) is 0 Å². The van der Waals surface area contributed by atoms with Gasteiger partial charge in [0, 0.05) is 61.8 Å². The monoisotopic (exact) mass is 744 g/mol. The number of hydrogen-bond donors (Lipinski definition) is 0. The molecule has 0 fully saturated rings. The van der Waals surface area contributed by atoms with Crippen LogP contribution in [0.25, 0.3) is 32.7 Å². The lowest BCUT2D eigenvalue weighted by molar-refractivity contribution is 0.553. The number of benzene rings is 9. The number of fused-ring (bicyclic) bond motifs is 4. The van der Waals surface area contributed by atoms with Crippen LogP contribution in [0.2, 0.25) is 0 Å². The van der Waals surface area contributed by atoms with Crippen LogP contribution in [0.4, 0.5) is 34.1 Å². The first-order chi connectivity index (χ1) is 28.8. The average molecular weight is 745 g/mol. The van der Waals surface area contributed by atoms with E-state index in [1.165, 1.54) is 33.3 Å². The molecule has 1 aromatic heterocycles. The zero-order valence-corrected chi connectivity index (χ0v) is 32.0. The number of hydrogen-bond acceptors (Lipinski definition) is 3. The minimum Gasteiger partial charge on any atom is -0.455 e. The van der Waals surface area contributed by atoms with Crippen molar-refractivity contribution >= 4 is 66.8 Å². The molecule has 1 heterocycles. The minimum atomic E-state index is -0.383. The first kappa shape index (κ1) is 33.9. The summed E-state index contributed by atoms with van der Waals surface area (Å²) in [7, 11) is 0. The van der Waals surface area contributed by atoms with Crippen molar-refractivity contribution < 1.29 is 4.42 Å². The van der Waals surface area contributed by atoms with Crippen LogP contribution in [0, 0.1) is 0 Å². The van der Waals surface area contributed by atoms with Gasteiger partial charge in [-0.25, -0.2) is 0 Å². The first-order valence-corrected chi connectivity index (χ1v) is 20.1. The molecule has 9 aromatic carbocycles. The summed E-state index contributed by atoms with van der Waals surface area (Å²) in [4.78, 5) is 4.72. The highest BCUT2D eigenvalue weighted by molar-refractivity contribution is 6.18. The third-order valence-corrected chi connectivity index (χ3v) is 12.1. The van der Waals surface area contributed by atoms with E-state index in [9.17, 15) is 0 Å². The van der Waals surface area contributed by atoms with E-state index in [1.807, 2.05) is 0 Å². The lowest BCUT2D eigenvalue weighted by atomic mass is 9.62. The lowest BCUT2D eigenvalue weighted by Gasteiger charge is -2.42. The third-order valence-electron chi connectivity index (χ3n) is 12.1. The largest absolute Gasteiger partial charge is 0.455 e. The molecule has 0 aliphatic heterocycles. The third kappa shape index (κ3) is 5.43. The van der Waals surface area contributed by atoms with Gasteiger partial charge in [0.05, 0.1) is 0 Å². The summed E-state index contributed by atoms with van der Waals surface area (Å²) in [5.41, 5.74) is 13.4. The Labute approximate surface area is 338 Å². The summed E-state index contributed by atoms with van der Waals surface area (Å²) in [6.07, 6.45) is 1.81. The minimum absolute atomic E-state index is 0.383. The van der Waals surface area contributed by atoms with E-state index < -0.39 is 0 Å². The standard InChI is InChI=1S/C55H40N2O/c1-7-19-39(20-8-1)55(40-21-9-2-10-22-40)36-35-47-51(57(43-27-15-5-16-28-43)44-29-17-6-18-30-44)34-33-48-53(47)50(55)38-49-46-32-31-45(37-52(46)58-54(48)49)56(41-23-11-3-12-24-41)42-25-13-4-14-26-42/h1-34,37-38H,35-36H2. The van der Waals surface area contributed by atoms with Gasteiger partial charge in [0.1, 0.15) is 11.2 Å². The Hall–Kier alpha value is -7.36. The predicted octanol–water partition coefficient (Wildman–Crippen LogP) is 15.0. The second kappa shape index (κ2) is 14.0. The summed E-state index contributed by atoms with van der Waals surface area (Å²) < 4.78 is 7.12. The maximum absolute atomic E-state index is 7.12. The van der Waals surface area contributed by atoms with Gasteiger partial charge in [-0.05, 0) is 119 Å². The Balaban J connectivity index is 1.22. The van der Waals surface area contributed by atoms with Gasteiger partial charge < -0.3 is 14.2 Å². The smallest absolute Gasteiger partial charge is 0.143 e. The summed E-state index contributed by atoms with van der Waals surface area (Å²) in [5.74, 6) is 0. The molecule has 276 valence electrons. The van der Waals surface area contributed by atoms with Crippen molar-refractivity contribution in [2.45, 2.75) is 18.3 Å². The summed E-state index contributed by atoms with van der Waals surface area (Å²) >= 11 is 0. The summed E-state index contributed by atoms with van der Waals surface area (Å²) in [6, 6.07) is 78.7. The molecule has 0 spiro atoms. The van der Waals surface area contributed by atoms with Crippen LogP contribution in [0.3, 0.4) is 0 Å². The topological polar surface area (TPSA) is 19.6 Å². The van der Waals surface area contributed by atoms with E-state index in [4.69, 9.17) is 4.42 Å². The highest BCUT2D eigenvalue weighted by Gasteiger charge is 2.42. The van der Waals surface area contributed by atoms with Crippen LogP contribution in [0.5, 0.6) is 0 Å². The first-order valence-electron chi connectivity index (χ1n) is 20.1. The zero-order valence-electron chi connectivity index (χ0n) is 32.0. The second-order valence-electron chi connectivity index (χ2n) is 15.2. The number of aryl methyl sites for hydroxylation is 1. The number of para-hydroxylation sites is 4. The van der Waals surface area contributed by atoms with Crippen LogP contribution in [-0.4, -0.2) is 0 Å². The van der Waals surface area contributed by atoms with Crippen molar-refractivity contribution in [3.05, 3.63) is 241 Å².